The Balaban J connectivity index is 2.13. The second-order valence-electron chi connectivity index (χ2n) is 5.24. The van der Waals surface area contributed by atoms with Crippen molar-refractivity contribution in [1.29, 1.82) is 0 Å². The van der Waals surface area contributed by atoms with Crippen LogP contribution in [-0.2, 0) is 6.42 Å². The summed E-state index contributed by atoms with van der Waals surface area (Å²) in [7, 11) is 0. The molecular formula is C16H12ClFN2O3. The quantitative estimate of drug-likeness (QED) is 0.773. The zero-order valence-corrected chi connectivity index (χ0v) is 12.8. The third-order valence-corrected chi connectivity index (χ3v) is 4.12. The Morgan fingerprint density at radius 3 is 2.83 bits per heavy atom. The summed E-state index contributed by atoms with van der Waals surface area (Å²) >= 11 is 6.25. The van der Waals surface area contributed by atoms with E-state index in [1.807, 2.05) is 0 Å². The van der Waals surface area contributed by atoms with Crippen LogP contribution in [0.2, 0.25) is 5.15 Å². The van der Waals surface area contributed by atoms with Crippen LogP contribution in [0.5, 0.6) is 0 Å². The minimum Gasteiger partial charge on any atom is -0.478 e. The van der Waals surface area contributed by atoms with E-state index in [0.29, 0.717) is 28.3 Å². The Morgan fingerprint density at radius 1 is 1.39 bits per heavy atom. The van der Waals surface area contributed by atoms with Crippen LogP contribution in [0.25, 0.3) is 5.52 Å². The highest BCUT2D eigenvalue weighted by molar-refractivity contribution is 6.30. The molecule has 3 aromatic rings. The summed E-state index contributed by atoms with van der Waals surface area (Å²) in [6.07, 6.45) is 1.81. The first-order chi connectivity index (χ1) is 10.9. The van der Waals surface area contributed by atoms with Crippen molar-refractivity contribution in [3.05, 3.63) is 74.2 Å². The number of aromatic carboxylic acids is 1. The highest BCUT2D eigenvalue weighted by atomic mass is 35.5. The number of carboxylic acids is 1. The average Bonchev–Trinajstić information content (AvgIpc) is 2.81. The van der Waals surface area contributed by atoms with Gasteiger partial charge in [0.2, 0.25) is 0 Å². The van der Waals surface area contributed by atoms with Crippen LogP contribution in [0.4, 0.5) is 4.39 Å². The Hall–Kier alpha value is -2.60. The van der Waals surface area contributed by atoms with Crippen molar-refractivity contribution in [3.8, 4) is 0 Å². The molecule has 0 spiro atoms. The number of rotatable bonds is 3. The minimum absolute atomic E-state index is 0.269. The molecule has 0 aliphatic heterocycles. The van der Waals surface area contributed by atoms with E-state index in [1.165, 1.54) is 18.3 Å². The normalized spacial score (nSPS) is 11.1. The van der Waals surface area contributed by atoms with Crippen molar-refractivity contribution >= 4 is 23.1 Å². The first-order valence-electron chi connectivity index (χ1n) is 6.78. The molecule has 5 nitrogen and oxygen atoms in total. The van der Waals surface area contributed by atoms with Crippen molar-refractivity contribution in [3.63, 3.8) is 0 Å². The number of hydrogen-bond donors (Lipinski definition) is 2. The Morgan fingerprint density at radius 2 is 2.13 bits per heavy atom. The van der Waals surface area contributed by atoms with E-state index >= 15 is 0 Å². The van der Waals surface area contributed by atoms with Crippen molar-refractivity contribution in [2.24, 2.45) is 0 Å². The van der Waals surface area contributed by atoms with Crippen LogP contribution in [0, 0.1) is 12.7 Å². The molecule has 0 unspecified atom stereocenters. The van der Waals surface area contributed by atoms with Crippen molar-refractivity contribution < 1.29 is 14.3 Å². The summed E-state index contributed by atoms with van der Waals surface area (Å²) in [6.45, 7) is 1.79. The number of aromatic amines is 1. The number of carboxylic acid groups (broad SMARTS) is 1. The zero-order chi connectivity index (χ0) is 16.7. The van der Waals surface area contributed by atoms with Gasteiger partial charge in [-0.25, -0.2) is 9.18 Å². The molecule has 3 rings (SSSR count). The molecule has 1 aromatic carbocycles. The second kappa shape index (κ2) is 5.55. The fraction of sp³-hybridized carbons (Fsp3) is 0.125. The van der Waals surface area contributed by atoms with Crippen LogP contribution >= 0.6 is 11.6 Å². The summed E-state index contributed by atoms with van der Waals surface area (Å²) in [6, 6.07) is 5.57. The lowest BCUT2D eigenvalue weighted by Crippen LogP contribution is -2.12. The standard InChI is InChI=1S/C16H12ClFN2O3/c1-8-4-13-15(21)19-7-10(20(13)14(8)17)5-9-2-3-12(18)11(6-9)16(22)23/h2-4,6-7H,5H2,1H3,(H,19,21)(H,22,23). The number of hydrogen-bond acceptors (Lipinski definition) is 2. The smallest absolute Gasteiger partial charge is 0.338 e. The molecule has 0 aliphatic carbocycles. The maximum Gasteiger partial charge on any atom is 0.338 e. The topological polar surface area (TPSA) is 74.6 Å². The Bertz CT molecular complexity index is 991. The number of aryl methyl sites for hydroxylation is 1. The number of nitrogens with one attached hydrogen (secondary N) is 1. The van der Waals surface area contributed by atoms with Crippen LogP contribution in [-0.4, -0.2) is 20.5 Å². The van der Waals surface area contributed by atoms with E-state index in [0.717, 1.165) is 11.6 Å². The molecule has 2 aromatic heterocycles. The second-order valence-corrected chi connectivity index (χ2v) is 5.60. The number of H-pyrrole nitrogens is 1. The van der Waals surface area contributed by atoms with Gasteiger partial charge in [0.05, 0.1) is 5.56 Å². The molecule has 23 heavy (non-hydrogen) atoms. The monoisotopic (exact) mass is 334 g/mol. The third kappa shape index (κ3) is 2.61. The highest BCUT2D eigenvalue weighted by Crippen LogP contribution is 2.22. The SMILES string of the molecule is Cc1cc2c(=O)[nH]cc(Cc3ccc(F)c(C(=O)O)c3)n2c1Cl. The summed E-state index contributed by atoms with van der Waals surface area (Å²) in [5.74, 6) is -2.12. The molecule has 2 N–H and O–H groups in total. The predicted molar refractivity (Wildman–Crippen MR) is 83.9 cm³/mol. The van der Waals surface area contributed by atoms with Gasteiger partial charge in [0.15, 0.2) is 0 Å². The number of aromatic nitrogens is 2. The summed E-state index contributed by atoms with van der Waals surface area (Å²) < 4.78 is 15.1. The van der Waals surface area contributed by atoms with Gasteiger partial charge in [0.1, 0.15) is 16.5 Å². The number of carbonyl (C=O) groups is 1. The van der Waals surface area contributed by atoms with Crippen molar-refractivity contribution in [2.45, 2.75) is 13.3 Å². The molecule has 2 heterocycles. The van der Waals surface area contributed by atoms with Gasteiger partial charge < -0.3 is 10.1 Å². The van der Waals surface area contributed by atoms with Crippen LogP contribution in [0.1, 0.15) is 27.2 Å². The van der Waals surface area contributed by atoms with Gasteiger partial charge in [-0.2, -0.15) is 0 Å². The number of fused-ring (bicyclic) bond motifs is 1. The zero-order valence-electron chi connectivity index (χ0n) is 12.1. The Kier molecular flexibility index (Phi) is 3.69. The summed E-state index contributed by atoms with van der Waals surface area (Å²) in [4.78, 5) is 25.5. The van der Waals surface area contributed by atoms with E-state index in [4.69, 9.17) is 16.7 Å². The van der Waals surface area contributed by atoms with Crippen LogP contribution in [0.15, 0.2) is 35.3 Å². The molecule has 7 heteroatoms. The number of halogens is 2. The van der Waals surface area contributed by atoms with Crippen LogP contribution in [0.3, 0.4) is 0 Å². The molecule has 0 saturated heterocycles. The number of nitrogens with zero attached hydrogens (tertiary/aromatic N) is 1. The molecule has 0 atom stereocenters. The van der Waals surface area contributed by atoms with Gasteiger partial charge >= 0.3 is 5.97 Å². The average molecular weight is 335 g/mol. The van der Waals surface area contributed by atoms with E-state index in [2.05, 4.69) is 4.98 Å². The maximum atomic E-state index is 13.5. The predicted octanol–water partition coefficient (Wildman–Crippen LogP) is 3.02. The first kappa shape index (κ1) is 15.3. The van der Waals surface area contributed by atoms with Gasteiger partial charge in [-0.1, -0.05) is 17.7 Å². The maximum absolute atomic E-state index is 13.5. The van der Waals surface area contributed by atoms with Crippen molar-refractivity contribution in [2.75, 3.05) is 0 Å². The summed E-state index contributed by atoms with van der Waals surface area (Å²) in [5.41, 5.74) is 1.77. The largest absolute Gasteiger partial charge is 0.478 e. The molecular weight excluding hydrogens is 323 g/mol. The molecule has 0 bridgehead atoms. The van der Waals surface area contributed by atoms with Crippen LogP contribution < -0.4 is 5.56 Å². The molecule has 0 saturated carbocycles. The van der Waals surface area contributed by atoms with Crippen molar-refractivity contribution in [1.82, 2.24) is 9.38 Å². The molecule has 0 radical (unpaired) electrons. The van der Waals surface area contributed by atoms with Gasteiger partial charge in [0.25, 0.3) is 5.56 Å². The van der Waals surface area contributed by atoms with E-state index < -0.39 is 17.3 Å². The van der Waals surface area contributed by atoms with E-state index in [9.17, 15) is 14.0 Å². The molecule has 0 amide bonds. The molecule has 118 valence electrons. The minimum atomic E-state index is -1.33. The van der Waals surface area contributed by atoms with E-state index in [1.54, 1.807) is 17.4 Å². The van der Waals surface area contributed by atoms with Gasteiger partial charge in [-0.15, -0.1) is 0 Å². The molecule has 0 aliphatic rings. The van der Waals surface area contributed by atoms with E-state index in [-0.39, 0.29) is 5.56 Å². The summed E-state index contributed by atoms with van der Waals surface area (Å²) in [5, 5.41) is 9.42. The fourth-order valence-electron chi connectivity index (χ4n) is 2.53. The third-order valence-electron chi connectivity index (χ3n) is 3.65. The van der Waals surface area contributed by atoms with Gasteiger partial charge in [0, 0.05) is 18.3 Å². The number of benzene rings is 1. The fourth-order valence-corrected chi connectivity index (χ4v) is 2.79. The lowest BCUT2D eigenvalue weighted by molar-refractivity contribution is 0.0691. The molecule has 0 fully saturated rings. The Labute approximate surface area is 135 Å². The highest BCUT2D eigenvalue weighted by Gasteiger charge is 2.14. The lowest BCUT2D eigenvalue weighted by atomic mass is 10.1. The first-order valence-corrected chi connectivity index (χ1v) is 7.16. The van der Waals surface area contributed by atoms with Gasteiger partial charge in [-0.05, 0) is 36.2 Å². The lowest BCUT2D eigenvalue weighted by Gasteiger charge is -2.08. The van der Waals surface area contributed by atoms with Gasteiger partial charge in [-0.3, -0.25) is 9.20 Å².